The molecule has 0 saturated heterocycles. The van der Waals surface area contributed by atoms with Crippen LogP contribution in [0.1, 0.15) is 33.4 Å². The van der Waals surface area contributed by atoms with Crippen LogP contribution in [0.2, 0.25) is 0 Å². The highest BCUT2D eigenvalue weighted by Gasteiger charge is 2.51. The largest absolute Gasteiger partial charge is 0.264 e. The third-order valence-electron chi connectivity index (χ3n) is 7.80. The fourth-order valence-corrected chi connectivity index (χ4v) is 6.61. The van der Waals surface area contributed by atoms with E-state index in [1.807, 2.05) is 12.4 Å². The average Bonchev–Trinajstić information content (AvgIpc) is 3.46. The van der Waals surface area contributed by atoms with Crippen LogP contribution in [0.15, 0.2) is 103 Å². The first-order valence-corrected chi connectivity index (χ1v) is 11.3. The van der Waals surface area contributed by atoms with E-state index in [4.69, 9.17) is 0 Å². The molecule has 4 aromatic carbocycles. The van der Waals surface area contributed by atoms with Gasteiger partial charge < -0.3 is 0 Å². The van der Waals surface area contributed by atoms with Gasteiger partial charge in [0.05, 0.1) is 5.41 Å². The lowest BCUT2D eigenvalue weighted by Crippen LogP contribution is -2.25. The normalized spacial score (nSPS) is 15.0. The smallest absolute Gasteiger partial charge is 0.0725 e. The van der Waals surface area contributed by atoms with Crippen LogP contribution in [0.25, 0.3) is 33.4 Å². The molecule has 8 rings (SSSR count). The van der Waals surface area contributed by atoms with E-state index in [1.165, 1.54) is 66.8 Å². The van der Waals surface area contributed by atoms with Crippen molar-refractivity contribution in [3.8, 4) is 33.4 Å². The molecule has 0 fully saturated rings. The predicted molar refractivity (Wildman–Crippen MR) is 129 cm³/mol. The summed E-state index contributed by atoms with van der Waals surface area (Å²) in [5.74, 6) is 0. The number of pyridine rings is 1. The van der Waals surface area contributed by atoms with Crippen LogP contribution in [-0.4, -0.2) is 4.98 Å². The third kappa shape index (κ3) is 1.77. The van der Waals surface area contributed by atoms with Crippen LogP contribution in [0.3, 0.4) is 0 Å². The molecule has 1 aromatic heterocycles. The van der Waals surface area contributed by atoms with Crippen molar-refractivity contribution in [2.24, 2.45) is 0 Å². The lowest BCUT2D eigenvalue weighted by molar-refractivity contribution is 0.794. The molecule has 5 aromatic rings. The van der Waals surface area contributed by atoms with Crippen LogP contribution in [0.5, 0.6) is 0 Å². The van der Waals surface area contributed by atoms with Crippen molar-refractivity contribution in [3.63, 3.8) is 0 Å². The highest BCUT2D eigenvalue weighted by Crippen LogP contribution is 2.63. The molecule has 0 bridgehead atoms. The van der Waals surface area contributed by atoms with Crippen molar-refractivity contribution in [1.29, 1.82) is 0 Å². The summed E-state index contributed by atoms with van der Waals surface area (Å²) in [4.78, 5) is 4.45. The maximum atomic E-state index is 4.45. The maximum Gasteiger partial charge on any atom is 0.0725 e. The zero-order valence-electron chi connectivity index (χ0n) is 17.5. The second-order valence-corrected chi connectivity index (χ2v) is 9.15. The second kappa shape index (κ2) is 5.63. The van der Waals surface area contributed by atoms with Gasteiger partial charge >= 0.3 is 0 Å². The summed E-state index contributed by atoms with van der Waals surface area (Å²) in [6.07, 6.45) is 4.94. The average molecular weight is 406 g/mol. The highest BCUT2D eigenvalue weighted by atomic mass is 14.6. The van der Waals surface area contributed by atoms with Crippen molar-refractivity contribution < 1.29 is 0 Å². The van der Waals surface area contributed by atoms with Crippen molar-refractivity contribution in [1.82, 2.24) is 4.98 Å². The van der Waals surface area contributed by atoms with Gasteiger partial charge in [0.1, 0.15) is 0 Å². The Balaban J connectivity index is 1.56. The van der Waals surface area contributed by atoms with Gasteiger partial charge in [0.2, 0.25) is 0 Å². The molecule has 0 atom stereocenters. The number of nitrogens with zero attached hydrogens (tertiary/aromatic N) is 1. The third-order valence-corrected chi connectivity index (χ3v) is 7.80. The fourth-order valence-electron chi connectivity index (χ4n) is 6.61. The van der Waals surface area contributed by atoms with Gasteiger partial charge in [-0.25, -0.2) is 0 Å². The molecule has 1 heterocycles. The van der Waals surface area contributed by atoms with Crippen LogP contribution < -0.4 is 0 Å². The molecule has 148 valence electrons. The van der Waals surface area contributed by atoms with Crippen LogP contribution in [0, 0.1) is 0 Å². The summed E-state index contributed by atoms with van der Waals surface area (Å²) in [7, 11) is 0. The summed E-state index contributed by atoms with van der Waals surface area (Å²) in [6, 6.07) is 34.1. The minimum Gasteiger partial charge on any atom is -0.264 e. The summed E-state index contributed by atoms with van der Waals surface area (Å²) in [6.45, 7) is 0. The van der Waals surface area contributed by atoms with Gasteiger partial charge in [0.15, 0.2) is 0 Å². The summed E-state index contributed by atoms with van der Waals surface area (Å²) in [5, 5.41) is 0. The van der Waals surface area contributed by atoms with Crippen molar-refractivity contribution >= 4 is 0 Å². The SMILES string of the molecule is c1ccc2c(c1)-c1ccccc1C21c2ccccc2-c2cc3c(cc21)-c1cnccc1C3. The standard InChI is InChI=1S/C31H19N/c1-4-10-27-21(7-1)22-8-2-5-11-28(22)31(27)29-12-6-3-9-23(29)25-16-20-15-19-13-14-32-18-26(19)24(20)17-30(25)31/h1-14,16-18H,15H2. The molecule has 0 aliphatic heterocycles. The Kier molecular flexibility index (Phi) is 2.94. The van der Waals surface area contributed by atoms with Gasteiger partial charge in [-0.3, -0.25) is 4.98 Å². The molecule has 0 amide bonds. The Labute approximate surface area is 187 Å². The first-order chi connectivity index (χ1) is 15.9. The molecule has 3 aliphatic carbocycles. The first-order valence-electron chi connectivity index (χ1n) is 11.3. The van der Waals surface area contributed by atoms with E-state index in [-0.39, 0.29) is 5.41 Å². The lowest BCUT2D eigenvalue weighted by Gasteiger charge is -2.30. The molecule has 0 unspecified atom stereocenters. The fraction of sp³-hybridized carbons (Fsp3) is 0.0645. The Morgan fingerprint density at radius 2 is 1.09 bits per heavy atom. The Morgan fingerprint density at radius 1 is 0.500 bits per heavy atom. The molecule has 0 saturated carbocycles. The zero-order valence-corrected chi connectivity index (χ0v) is 17.5. The van der Waals surface area contributed by atoms with Crippen LogP contribution in [0.4, 0.5) is 0 Å². The number of hydrogen-bond acceptors (Lipinski definition) is 1. The van der Waals surface area contributed by atoms with Gasteiger partial charge in [0, 0.05) is 18.0 Å². The topological polar surface area (TPSA) is 12.9 Å². The Morgan fingerprint density at radius 3 is 1.75 bits per heavy atom. The summed E-state index contributed by atoms with van der Waals surface area (Å²) < 4.78 is 0. The van der Waals surface area contributed by atoms with Gasteiger partial charge in [-0.2, -0.15) is 0 Å². The molecular weight excluding hydrogens is 386 g/mol. The van der Waals surface area contributed by atoms with Gasteiger partial charge in [0.25, 0.3) is 0 Å². The van der Waals surface area contributed by atoms with Gasteiger partial charge in [-0.15, -0.1) is 0 Å². The Bertz CT molecular complexity index is 1560. The monoisotopic (exact) mass is 405 g/mol. The molecule has 3 aliphatic rings. The molecule has 0 radical (unpaired) electrons. The molecular formula is C31H19N. The first kappa shape index (κ1) is 16.7. The highest BCUT2D eigenvalue weighted by molar-refractivity contribution is 5.96. The molecule has 1 heteroatoms. The van der Waals surface area contributed by atoms with E-state index < -0.39 is 0 Å². The molecule has 0 N–H and O–H groups in total. The molecule has 32 heavy (non-hydrogen) atoms. The number of aromatic nitrogens is 1. The number of fused-ring (bicyclic) bond motifs is 13. The van der Waals surface area contributed by atoms with E-state index >= 15 is 0 Å². The second-order valence-electron chi connectivity index (χ2n) is 9.15. The number of hydrogen-bond donors (Lipinski definition) is 0. The molecule has 1 spiro atoms. The van der Waals surface area contributed by atoms with E-state index in [2.05, 4.69) is 96.0 Å². The summed E-state index contributed by atoms with van der Waals surface area (Å²) >= 11 is 0. The van der Waals surface area contributed by atoms with E-state index in [9.17, 15) is 0 Å². The maximum absolute atomic E-state index is 4.45. The molecule has 1 nitrogen and oxygen atoms in total. The van der Waals surface area contributed by atoms with Crippen molar-refractivity contribution in [3.05, 3.63) is 137 Å². The number of rotatable bonds is 0. The van der Waals surface area contributed by atoms with Crippen molar-refractivity contribution in [2.75, 3.05) is 0 Å². The zero-order chi connectivity index (χ0) is 20.9. The van der Waals surface area contributed by atoms with Gasteiger partial charge in [-0.05, 0) is 85.8 Å². The van der Waals surface area contributed by atoms with E-state index in [1.54, 1.807) is 0 Å². The minimum atomic E-state index is -0.265. The van der Waals surface area contributed by atoms with Crippen LogP contribution >= 0.6 is 0 Å². The van der Waals surface area contributed by atoms with Crippen molar-refractivity contribution in [2.45, 2.75) is 11.8 Å². The predicted octanol–water partition coefficient (Wildman–Crippen LogP) is 7.00. The quantitative estimate of drug-likeness (QED) is 0.265. The minimum absolute atomic E-state index is 0.265. The van der Waals surface area contributed by atoms with E-state index in [0.717, 1.165) is 6.42 Å². The lowest BCUT2D eigenvalue weighted by atomic mass is 9.70. The summed E-state index contributed by atoms with van der Waals surface area (Å²) in [5.41, 5.74) is 16.2. The Hall–Kier alpha value is -3.97. The van der Waals surface area contributed by atoms with E-state index in [0.29, 0.717) is 0 Å². The number of benzene rings is 4. The van der Waals surface area contributed by atoms with Gasteiger partial charge in [-0.1, -0.05) is 72.8 Å². The van der Waals surface area contributed by atoms with Crippen LogP contribution in [-0.2, 0) is 11.8 Å².